The molecule has 1 amide bonds. The fraction of sp³-hybridized carbons (Fsp3) is 0.562. The summed E-state index contributed by atoms with van der Waals surface area (Å²) in [6, 6.07) is 5.54. The summed E-state index contributed by atoms with van der Waals surface area (Å²) in [7, 11) is 3.47. The number of nitrogens with zero attached hydrogens (tertiary/aromatic N) is 1. The van der Waals surface area contributed by atoms with Crippen molar-refractivity contribution < 1.29 is 9.53 Å². The zero-order valence-electron chi connectivity index (χ0n) is 12.4. The second-order valence-corrected chi connectivity index (χ2v) is 5.52. The van der Waals surface area contributed by atoms with Crippen molar-refractivity contribution in [3.8, 4) is 5.75 Å². The number of carbonyl (C=O) groups is 1. The van der Waals surface area contributed by atoms with Gasteiger partial charge in [-0.2, -0.15) is 0 Å². The van der Waals surface area contributed by atoms with Crippen molar-refractivity contribution in [2.75, 3.05) is 19.9 Å². The molecular formula is C16H24N2O2. The molecule has 2 rings (SSSR count). The monoisotopic (exact) mass is 276 g/mol. The second kappa shape index (κ2) is 6.64. The highest BCUT2D eigenvalue weighted by Gasteiger charge is 2.24. The van der Waals surface area contributed by atoms with E-state index in [-0.39, 0.29) is 5.91 Å². The van der Waals surface area contributed by atoms with Crippen LogP contribution in [0.4, 0.5) is 5.69 Å². The van der Waals surface area contributed by atoms with Gasteiger partial charge in [-0.25, -0.2) is 0 Å². The standard InChI is InChI=1S/C16H24N2O2/c1-18(13-7-5-3-4-6-8-13)16(19)14-11-12(17)9-10-15(14)20-2/h9-11,13H,3-8,17H2,1-2H3. The molecule has 0 atom stereocenters. The number of benzene rings is 1. The van der Waals surface area contributed by atoms with Crippen molar-refractivity contribution >= 4 is 11.6 Å². The van der Waals surface area contributed by atoms with Crippen LogP contribution in [-0.2, 0) is 0 Å². The number of rotatable bonds is 3. The van der Waals surface area contributed by atoms with Crippen molar-refractivity contribution in [2.24, 2.45) is 0 Å². The Bertz CT molecular complexity index is 466. The van der Waals surface area contributed by atoms with Gasteiger partial charge in [-0.1, -0.05) is 25.7 Å². The summed E-state index contributed by atoms with van der Waals surface area (Å²) in [5.74, 6) is 0.589. The number of hydrogen-bond donors (Lipinski definition) is 1. The molecule has 0 spiro atoms. The van der Waals surface area contributed by atoms with Gasteiger partial charge in [0.25, 0.3) is 5.91 Å². The number of carbonyl (C=O) groups excluding carboxylic acids is 1. The van der Waals surface area contributed by atoms with E-state index >= 15 is 0 Å². The molecule has 1 aromatic carbocycles. The van der Waals surface area contributed by atoms with Crippen molar-refractivity contribution in [2.45, 2.75) is 44.6 Å². The molecule has 110 valence electrons. The van der Waals surface area contributed by atoms with Gasteiger partial charge in [0, 0.05) is 18.8 Å². The highest BCUT2D eigenvalue weighted by atomic mass is 16.5. The van der Waals surface area contributed by atoms with Crippen molar-refractivity contribution in [1.82, 2.24) is 4.90 Å². The average Bonchev–Trinajstić information content (AvgIpc) is 2.74. The molecule has 0 bridgehead atoms. The van der Waals surface area contributed by atoms with Gasteiger partial charge >= 0.3 is 0 Å². The molecule has 0 saturated heterocycles. The van der Waals surface area contributed by atoms with Crippen LogP contribution in [0.2, 0.25) is 0 Å². The minimum Gasteiger partial charge on any atom is -0.496 e. The van der Waals surface area contributed by atoms with Gasteiger partial charge in [0.2, 0.25) is 0 Å². The van der Waals surface area contributed by atoms with Crippen LogP contribution in [-0.4, -0.2) is 31.0 Å². The van der Waals surface area contributed by atoms with E-state index in [0.29, 0.717) is 23.0 Å². The normalized spacial score (nSPS) is 16.5. The van der Waals surface area contributed by atoms with E-state index in [2.05, 4.69) is 0 Å². The Morgan fingerprint density at radius 2 is 1.90 bits per heavy atom. The molecule has 1 aliphatic rings. The first-order valence-corrected chi connectivity index (χ1v) is 7.34. The lowest BCUT2D eigenvalue weighted by Gasteiger charge is -2.28. The summed E-state index contributed by atoms with van der Waals surface area (Å²) in [5.41, 5.74) is 6.94. The molecule has 1 aromatic rings. The number of methoxy groups -OCH3 is 1. The molecule has 4 nitrogen and oxygen atoms in total. The molecule has 1 fully saturated rings. The van der Waals surface area contributed by atoms with Gasteiger partial charge in [0.05, 0.1) is 12.7 Å². The van der Waals surface area contributed by atoms with Gasteiger partial charge in [0.15, 0.2) is 0 Å². The fourth-order valence-corrected chi connectivity index (χ4v) is 2.89. The van der Waals surface area contributed by atoms with Crippen LogP contribution in [0.25, 0.3) is 0 Å². The summed E-state index contributed by atoms with van der Waals surface area (Å²) in [5, 5.41) is 0. The molecule has 0 unspecified atom stereocenters. The van der Waals surface area contributed by atoms with Crippen LogP contribution < -0.4 is 10.5 Å². The van der Waals surface area contributed by atoms with Gasteiger partial charge in [-0.05, 0) is 31.0 Å². The maximum atomic E-state index is 12.7. The third-order valence-electron chi connectivity index (χ3n) is 4.15. The Hall–Kier alpha value is -1.71. The molecule has 0 radical (unpaired) electrons. The lowest BCUT2D eigenvalue weighted by Crippen LogP contribution is -2.37. The van der Waals surface area contributed by atoms with Crippen molar-refractivity contribution in [3.63, 3.8) is 0 Å². The Morgan fingerprint density at radius 3 is 2.50 bits per heavy atom. The van der Waals surface area contributed by atoms with E-state index in [9.17, 15) is 4.79 Å². The molecule has 2 N–H and O–H groups in total. The molecule has 0 heterocycles. The molecular weight excluding hydrogens is 252 g/mol. The summed E-state index contributed by atoms with van der Waals surface area (Å²) in [4.78, 5) is 14.5. The molecule has 0 aliphatic heterocycles. The largest absolute Gasteiger partial charge is 0.496 e. The molecule has 4 heteroatoms. The first-order valence-electron chi connectivity index (χ1n) is 7.34. The quantitative estimate of drug-likeness (QED) is 0.682. The van der Waals surface area contributed by atoms with Gasteiger partial charge < -0.3 is 15.4 Å². The highest BCUT2D eigenvalue weighted by Crippen LogP contribution is 2.26. The van der Waals surface area contributed by atoms with Crippen LogP contribution in [0.1, 0.15) is 48.9 Å². The zero-order chi connectivity index (χ0) is 14.5. The van der Waals surface area contributed by atoms with E-state index in [1.54, 1.807) is 25.3 Å². The Labute approximate surface area is 120 Å². The topological polar surface area (TPSA) is 55.6 Å². The zero-order valence-corrected chi connectivity index (χ0v) is 12.4. The van der Waals surface area contributed by atoms with Crippen LogP contribution in [0.15, 0.2) is 18.2 Å². The summed E-state index contributed by atoms with van der Waals surface area (Å²) < 4.78 is 5.28. The Morgan fingerprint density at radius 1 is 1.25 bits per heavy atom. The van der Waals surface area contributed by atoms with Gasteiger partial charge in [0.1, 0.15) is 5.75 Å². The maximum Gasteiger partial charge on any atom is 0.257 e. The van der Waals surface area contributed by atoms with Crippen molar-refractivity contribution in [1.29, 1.82) is 0 Å². The van der Waals surface area contributed by atoms with E-state index < -0.39 is 0 Å². The second-order valence-electron chi connectivity index (χ2n) is 5.52. The summed E-state index contributed by atoms with van der Waals surface area (Å²) >= 11 is 0. The molecule has 0 aromatic heterocycles. The van der Waals surface area contributed by atoms with Crippen LogP contribution in [0.5, 0.6) is 5.75 Å². The van der Waals surface area contributed by atoms with E-state index in [4.69, 9.17) is 10.5 Å². The fourth-order valence-electron chi connectivity index (χ4n) is 2.89. The third-order valence-corrected chi connectivity index (χ3v) is 4.15. The van der Waals surface area contributed by atoms with Gasteiger partial charge in [-0.15, -0.1) is 0 Å². The number of amides is 1. The number of ether oxygens (including phenoxy) is 1. The van der Waals surface area contributed by atoms with Crippen LogP contribution in [0.3, 0.4) is 0 Å². The molecule has 1 aliphatic carbocycles. The van der Waals surface area contributed by atoms with Gasteiger partial charge in [-0.3, -0.25) is 4.79 Å². The van der Waals surface area contributed by atoms with Crippen LogP contribution >= 0.6 is 0 Å². The lowest BCUT2D eigenvalue weighted by molar-refractivity contribution is 0.0714. The third kappa shape index (κ3) is 3.24. The van der Waals surface area contributed by atoms with Crippen LogP contribution in [0, 0.1) is 0 Å². The Balaban J connectivity index is 2.19. The highest BCUT2D eigenvalue weighted by molar-refractivity contribution is 5.97. The predicted molar refractivity (Wildman–Crippen MR) is 81.0 cm³/mol. The van der Waals surface area contributed by atoms with Crippen molar-refractivity contribution in [3.05, 3.63) is 23.8 Å². The van der Waals surface area contributed by atoms with E-state index in [1.165, 1.54) is 25.7 Å². The number of hydrogen-bond acceptors (Lipinski definition) is 3. The number of nitrogens with two attached hydrogens (primary N) is 1. The number of anilines is 1. The predicted octanol–water partition coefficient (Wildman–Crippen LogP) is 3.07. The first-order chi connectivity index (χ1) is 9.63. The minimum absolute atomic E-state index is 0.000972. The SMILES string of the molecule is COc1ccc(N)cc1C(=O)N(C)C1CCCCCC1. The number of nitrogen functional groups attached to an aromatic ring is 1. The summed E-state index contributed by atoms with van der Waals surface area (Å²) in [6.07, 6.45) is 7.15. The Kier molecular flexibility index (Phi) is 4.88. The smallest absolute Gasteiger partial charge is 0.257 e. The summed E-state index contributed by atoms with van der Waals surface area (Å²) in [6.45, 7) is 0. The molecule has 20 heavy (non-hydrogen) atoms. The minimum atomic E-state index is 0.000972. The van der Waals surface area contributed by atoms with E-state index in [1.807, 2.05) is 11.9 Å². The van der Waals surface area contributed by atoms with E-state index in [0.717, 1.165) is 12.8 Å². The maximum absolute atomic E-state index is 12.7. The lowest BCUT2D eigenvalue weighted by atomic mass is 10.1. The first kappa shape index (κ1) is 14.7. The average molecular weight is 276 g/mol. The molecule has 1 saturated carbocycles.